The van der Waals surface area contributed by atoms with Gasteiger partial charge in [0.15, 0.2) is 11.4 Å². The third-order valence-electron chi connectivity index (χ3n) is 5.22. The SMILES string of the molecule is COc1c(C)n(-c2ccc(-n3cccn3)cc2)nc(-c2ccnn2-c2ccccc2)c1=O. The van der Waals surface area contributed by atoms with E-state index in [0.717, 1.165) is 17.1 Å². The Morgan fingerprint density at radius 1 is 0.781 bits per heavy atom. The van der Waals surface area contributed by atoms with Crippen LogP contribution in [0.25, 0.3) is 28.5 Å². The first kappa shape index (κ1) is 19.5. The van der Waals surface area contributed by atoms with Crippen LogP contribution in [0.2, 0.25) is 0 Å². The van der Waals surface area contributed by atoms with Crippen LogP contribution in [0.3, 0.4) is 0 Å². The van der Waals surface area contributed by atoms with E-state index in [1.807, 2.05) is 73.8 Å². The van der Waals surface area contributed by atoms with Gasteiger partial charge in [-0.25, -0.2) is 14.0 Å². The number of methoxy groups -OCH3 is 1. The van der Waals surface area contributed by atoms with Crippen molar-refractivity contribution in [3.05, 3.63) is 101 Å². The van der Waals surface area contributed by atoms with Crippen LogP contribution >= 0.6 is 0 Å². The molecule has 158 valence electrons. The predicted molar refractivity (Wildman–Crippen MR) is 121 cm³/mol. The molecule has 0 amide bonds. The third-order valence-corrected chi connectivity index (χ3v) is 5.22. The monoisotopic (exact) mass is 424 g/mol. The fourth-order valence-electron chi connectivity index (χ4n) is 3.67. The summed E-state index contributed by atoms with van der Waals surface area (Å²) in [6.07, 6.45) is 5.26. The summed E-state index contributed by atoms with van der Waals surface area (Å²) in [5.74, 6) is 0.243. The summed E-state index contributed by atoms with van der Waals surface area (Å²) in [5, 5.41) is 13.4. The molecule has 0 aliphatic carbocycles. The van der Waals surface area contributed by atoms with E-state index in [2.05, 4.69) is 10.2 Å². The highest BCUT2D eigenvalue weighted by molar-refractivity contribution is 5.60. The van der Waals surface area contributed by atoms with E-state index in [4.69, 9.17) is 9.84 Å². The first-order valence-corrected chi connectivity index (χ1v) is 10.1. The van der Waals surface area contributed by atoms with Crippen LogP contribution < -0.4 is 10.2 Å². The molecule has 8 heteroatoms. The molecule has 0 saturated heterocycles. The van der Waals surface area contributed by atoms with Crippen molar-refractivity contribution in [3.63, 3.8) is 0 Å². The summed E-state index contributed by atoms with van der Waals surface area (Å²) >= 11 is 0. The van der Waals surface area contributed by atoms with Crippen molar-refractivity contribution in [2.45, 2.75) is 6.92 Å². The molecule has 0 fully saturated rings. The molecule has 0 bridgehead atoms. The Balaban J connectivity index is 1.66. The Labute approximate surface area is 183 Å². The average Bonchev–Trinajstić information content (AvgIpc) is 3.53. The molecular formula is C24H20N6O2. The van der Waals surface area contributed by atoms with E-state index in [1.165, 1.54) is 7.11 Å². The Hall–Kier alpha value is -4.46. The van der Waals surface area contributed by atoms with Gasteiger partial charge in [-0.05, 0) is 55.5 Å². The maximum Gasteiger partial charge on any atom is 0.251 e. The van der Waals surface area contributed by atoms with Gasteiger partial charge in [0, 0.05) is 12.4 Å². The van der Waals surface area contributed by atoms with Crippen LogP contribution in [0.1, 0.15) is 5.69 Å². The van der Waals surface area contributed by atoms with Crippen molar-refractivity contribution >= 4 is 0 Å². The van der Waals surface area contributed by atoms with Gasteiger partial charge < -0.3 is 4.74 Å². The first-order chi connectivity index (χ1) is 15.7. The molecule has 2 aromatic carbocycles. The van der Waals surface area contributed by atoms with E-state index in [-0.39, 0.29) is 16.9 Å². The smallest absolute Gasteiger partial charge is 0.251 e. The summed E-state index contributed by atoms with van der Waals surface area (Å²) in [7, 11) is 1.49. The molecule has 0 radical (unpaired) electrons. The van der Waals surface area contributed by atoms with Gasteiger partial charge in [-0.3, -0.25) is 4.79 Å². The standard InChI is InChI=1S/C24H20N6O2/c1-17-24(32-2)23(31)22(21-13-15-26-30(21)19-7-4-3-5-8-19)27-29(17)20-11-9-18(10-12-20)28-16-6-14-25-28/h3-16H,1-2H3. The molecule has 5 rings (SSSR count). The molecule has 0 aliphatic heterocycles. The number of benzene rings is 2. The van der Waals surface area contributed by atoms with Gasteiger partial charge in [-0.15, -0.1) is 0 Å². The quantitative estimate of drug-likeness (QED) is 0.431. The van der Waals surface area contributed by atoms with E-state index in [0.29, 0.717) is 11.4 Å². The second kappa shape index (κ2) is 7.99. The van der Waals surface area contributed by atoms with Gasteiger partial charge in [-0.1, -0.05) is 18.2 Å². The molecule has 32 heavy (non-hydrogen) atoms. The Morgan fingerprint density at radius 2 is 1.50 bits per heavy atom. The molecule has 0 saturated carbocycles. The van der Waals surface area contributed by atoms with E-state index < -0.39 is 0 Å². The Kier molecular flexibility index (Phi) is 4.87. The number of ether oxygens (including phenoxy) is 1. The second-order valence-corrected chi connectivity index (χ2v) is 7.14. The normalized spacial score (nSPS) is 10.9. The minimum absolute atomic E-state index is 0.243. The predicted octanol–water partition coefficient (Wildman–Crippen LogP) is 3.59. The molecular weight excluding hydrogens is 404 g/mol. The lowest BCUT2D eigenvalue weighted by atomic mass is 10.2. The van der Waals surface area contributed by atoms with Gasteiger partial charge in [0.05, 0.1) is 41.8 Å². The molecule has 0 unspecified atom stereocenters. The van der Waals surface area contributed by atoms with Crippen molar-refractivity contribution in [2.75, 3.05) is 7.11 Å². The molecule has 0 N–H and O–H groups in total. The number of para-hydroxylation sites is 1. The van der Waals surface area contributed by atoms with Gasteiger partial charge >= 0.3 is 0 Å². The van der Waals surface area contributed by atoms with E-state index in [9.17, 15) is 4.79 Å². The van der Waals surface area contributed by atoms with Crippen LogP contribution in [-0.2, 0) is 0 Å². The number of hydrogen-bond donors (Lipinski definition) is 0. The van der Waals surface area contributed by atoms with Crippen molar-refractivity contribution in [1.82, 2.24) is 29.3 Å². The number of hydrogen-bond acceptors (Lipinski definition) is 5. The fourth-order valence-corrected chi connectivity index (χ4v) is 3.67. The van der Waals surface area contributed by atoms with E-state index >= 15 is 0 Å². The average molecular weight is 424 g/mol. The highest BCUT2D eigenvalue weighted by atomic mass is 16.5. The number of nitrogens with zero attached hydrogens (tertiary/aromatic N) is 6. The lowest BCUT2D eigenvalue weighted by molar-refractivity contribution is 0.401. The lowest BCUT2D eigenvalue weighted by Gasteiger charge is -2.16. The maximum absolute atomic E-state index is 13.2. The summed E-state index contributed by atoms with van der Waals surface area (Å²) in [6.45, 7) is 1.81. The van der Waals surface area contributed by atoms with Gasteiger partial charge in [-0.2, -0.15) is 15.3 Å². The number of aromatic nitrogens is 6. The summed E-state index contributed by atoms with van der Waals surface area (Å²) in [5.41, 5.74) is 3.72. The van der Waals surface area contributed by atoms with Crippen LogP contribution in [0, 0.1) is 6.92 Å². The molecule has 0 spiro atoms. The van der Waals surface area contributed by atoms with E-state index in [1.54, 1.807) is 32.5 Å². The summed E-state index contributed by atoms with van der Waals surface area (Å²) in [4.78, 5) is 13.2. The van der Waals surface area contributed by atoms with Crippen LogP contribution in [0.4, 0.5) is 0 Å². The second-order valence-electron chi connectivity index (χ2n) is 7.14. The fraction of sp³-hybridized carbons (Fsp3) is 0.0833. The van der Waals surface area contributed by atoms with Crippen molar-refractivity contribution in [3.8, 4) is 34.2 Å². The molecule has 3 heterocycles. The van der Waals surface area contributed by atoms with Crippen LogP contribution in [-0.4, -0.2) is 36.5 Å². The van der Waals surface area contributed by atoms with Crippen molar-refractivity contribution in [2.24, 2.45) is 0 Å². The molecule has 0 atom stereocenters. The summed E-state index contributed by atoms with van der Waals surface area (Å²) in [6, 6.07) is 21.0. The largest absolute Gasteiger partial charge is 0.491 e. The Morgan fingerprint density at radius 3 is 2.19 bits per heavy atom. The minimum atomic E-state index is -0.285. The van der Waals surface area contributed by atoms with Crippen LogP contribution in [0.5, 0.6) is 5.75 Å². The van der Waals surface area contributed by atoms with Crippen LogP contribution in [0.15, 0.2) is 90.1 Å². The number of rotatable bonds is 5. The maximum atomic E-state index is 13.2. The van der Waals surface area contributed by atoms with Crippen molar-refractivity contribution in [1.29, 1.82) is 0 Å². The summed E-state index contributed by atoms with van der Waals surface area (Å²) < 4.78 is 10.7. The van der Waals surface area contributed by atoms with Gasteiger partial charge in [0.1, 0.15) is 0 Å². The van der Waals surface area contributed by atoms with Crippen molar-refractivity contribution < 1.29 is 4.74 Å². The zero-order valence-corrected chi connectivity index (χ0v) is 17.6. The molecule has 3 aromatic heterocycles. The van der Waals surface area contributed by atoms with Gasteiger partial charge in [0.2, 0.25) is 0 Å². The highest BCUT2D eigenvalue weighted by Gasteiger charge is 2.20. The molecule has 8 nitrogen and oxygen atoms in total. The molecule has 5 aromatic rings. The lowest BCUT2D eigenvalue weighted by Crippen LogP contribution is -2.20. The molecule has 0 aliphatic rings. The zero-order chi connectivity index (χ0) is 22.1. The highest BCUT2D eigenvalue weighted by Crippen LogP contribution is 2.24. The van der Waals surface area contributed by atoms with Gasteiger partial charge in [0.25, 0.3) is 5.43 Å². The Bertz CT molecular complexity index is 1420. The first-order valence-electron chi connectivity index (χ1n) is 10.1. The topological polar surface area (TPSA) is 79.8 Å². The zero-order valence-electron chi connectivity index (χ0n) is 17.6. The minimum Gasteiger partial charge on any atom is -0.491 e. The third kappa shape index (κ3) is 3.27.